The van der Waals surface area contributed by atoms with Gasteiger partial charge in [0.05, 0.1) is 11.1 Å². The molecule has 0 spiro atoms. The maximum absolute atomic E-state index is 12.9. The summed E-state index contributed by atoms with van der Waals surface area (Å²) in [6.07, 6.45) is -1.65. The van der Waals surface area contributed by atoms with E-state index in [1.165, 1.54) is 16.5 Å². The fourth-order valence-electron chi connectivity index (χ4n) is 4.00. The van der Waals surface area contributed by atoms with Crippen molar-refractivity contribution in [2.45, 2.75) is 39.8 Å². The number of carbonyl (C=O) groups excluding carboxylic acids is 1. The number of ether oxygens (including phenoxy) is 1. The standard InChI is InChI=1S/C23H25F3N4O2S/c1-13-4-5-17(18(10-13)32-11-23(24,25)26)29-21(31)16-6-8-30(9-7-16)20-19-14(2)15(3)33-22(19)28-12-27-20/h4-5,10,12,16H,6-9,11H2,1-3H3,(H,29,31). The van der Waals surface area contributed by atoms with Crippen LogP contribution in [0.25, 0.3) is 10.2 Å². The molecule has 1 aliphatic rings. The van der Waals surface area contributed by atoms with E-state index < -0.39 is 12.8 Å². The van der Waals surface area contributed by atoms with E-state index in [1.54, 1.807) is 36.7 Å². The Labute approximate surface area is 193 Å². The number of halogens is 3. The van der Waals surface area contributed by atoms with Gasteiger partial charge in [-0.2, -0.15) is 13.2 Å². The number of hydrogen-bond donors (Lipinski definition) is 1. The van der Waals surface area contributed by atoms with Gasteiger partial charge in [0, 0.05) is 23.9 Å². The molecule has 0 saturated carbocycles. The van der Waals surface area contributed by atoms with Crippen LogP contribution in [0, 0.1) is 26.7 Å². The van der Waals surface area contributed by atoms with Crippen LogP contribution in [0.2, 0.25) is 0 Å². The van der Waals surface area contributed by atoms with Crippen molar-refractivity contribution in [2.24, 2.45) is 5.92 Å². The van der Waals surface area contributed by atoms with Crippen LogP contribution in [0.4, 0.5) is 24.7 Å². The van der Waals surface area contributed by atoms with E-state index in [2.05, 4.69) is 34.0 Å². The number of amides is 1. The average Bonchev–Trinajstić information content (AvgIpc) is 3.07. The molecular formula is C23H25F3N4O2S. The number of piperidine rings is 1. The van der Waals surface area contributed by atoms with Crippen molar-refractivity contribution in [1.29, 1.82) is 0 Å². The van der Waals surface area contributed by atoms with Crippen molar-refractivity contribution in [2.75, 3.05) is 29.9 Å². The third-order valence-electron chi connectivity index (χ3n) is 5.90. The lowest BCUT2D eigenvalue weighted by Crippen LogP contribution is -2.38. The van der Waals surface area contributed by atoms with Gasteiger partial charge in [0.15, 0.2) is 6.61 Å². The number of hydrogen-bond acceptors (Lipinski definition) is 6. The number of rotatable bonds is 5. The van der Waals surface area contributed by atoms with Gasteiger partial charge in [0.2, 0.25) is 5.91 Å². The second-order valence-corrected chi connectivity index (χ2v) is 9.52. The summed E-state index contributed by atoms with van der Waals surface area (Å²) < 4.78 is 42.7. The van der Waals surface area contributed by atoms with Crippen LogP contribution < -0.4 is 15.0 Å². The first-order chi connectivity index (χ1) is 15.6. The summed E-state index contributed by atoms with van der Waals surface area (Å²) in [6.45, 7) is 5.80. The number of thiophene rings is 1. The molecule has 1 fully saturated rings. The Bertz CT molecular complexity index is 1170. The molecule has 176 valence electrons. The molecule has 0 unspecified atom stereocenters. The zero-order chi connectivity index (χ0) is 23.8. The van der Waals surface area contributed by atoms with E-state index in [0.717, 1.165) is 21.6 Å². The highest BCUT2D eigenvalue weighted by Gasteiger charge is 2.30. The van der Waals surface area contributed by atoms with Gasteiger partial charge in [-0.15, -0.1) is 11.3 Å². The smallest absolute Gasteiger partial charge is 0.422 e. The Morgan fingerprint density at radius 1 is 1.21 bits per heavy atom. The van der Waals surface area contributed by atoms with Crippen LogP contribution in [0.1, 0.15) is 28.8 Å². The minimum absolute atomic E-state index is 0.0183. The van der Waals surface area contributed by atoms with Crippen molar-refractivity contribution in [3.8, 4) is 5.75 Å². The number of benzene rings is 1. The Hall–Kier alpha value is -2.88. The fourth-order valence-corrected chi connectivity index (χ4v) is 5.00. The maximum Gasteiger partial charge on any atom is 0.422 e. The maximum atomic E-state index is 12.9. The van der Waals surface area contributed by atoms with Crippen molar-refractivity contribution >= 4 is 39.0 Å². The lowest BCUT2D eigenvalue weighted by Gasteiger charge is -2.32. The monoisotopic (exact) mass is 478 g/mol. The molecule has 1 N–H and O–H groups in total. The molecule has 0 bridgehead atoms. The topological polar surface area (TPSA) is 67.4 Å². The zero-order valence-corrected chi connectivity index (χ0v) is 19.4. The third-order valence-corrected chi connectivity index (χ3v) is 7.01. The number of anilines is 2. The van der Waals surface area contributed by atoms with Crippen molar-refractivity contribution in [3.63, 3.8) is 0 Å². The van der Waals surface area contributed by atoms with Crippen LogP contribution in [0.3, 0.4) is 0 Å². The number of alkyl halides is 3. The minimum atomic E-state index is -4.45. The molecule has 0 aliphatic carbocycles. The highest BCUT2D eigenvalue weighted by Crippen LogP contribution is 2.36. The zero-order valence-electron chi connectivity index (χ0n) is 18.6. The highest BCUT2D eigenvalue weighted by molar-refractivity contribution is 7.18. The van der Waals surface area contributed by atoms with Crippen LogP contribution >= 0.6 is 11.3 Å². The van der Waals surface area contributed by atoms with Gasteiger partial charge in [0.1, 0.15) is 22.7 Å². The molecule has 3 aromatic rings. The first-order valence-corrected chi connectivity index (χ1v) is 11.5. The molecular weight excluding hydrogens is 453 g/mol. The molecule has 3 heterocycles. The number of carbonyl (C=O) groups is 1. The van der Waals surface area contributed by atoms with E-state index in [9.17, 15) is 18.0 Å². The second-order valence-electron chi connectivity index (χ2n) is 8.31. The van der Waals surface area contributed by atoms with Crippen molar-refractivity contribution in [1.82, 2.24) is 9.97 Å². The van der Waals surface area contributed by atoms with Crippen LogP contribution in [-0.2, 0) is 4.79 Å². The first kappa shape index (κ1) is 23.3. The van der Waals surface area contributed by atoms with Crippen LogP contribution in [0.15, 0.2) is 24.5 Å². The summed E-state index contributed by atoms with van der Waals surface area (Å²) >= 11 is 1.65. The number of nitrogens with zero attached hydrogens (tertiary/aromatic N) is 3. The van der Waals surface area contributed by atoms with Crippen LogP contribution in [-0.4, -0.2) is 41.7 Å². The summed E-state index contributed by atoms with van der Waals surface area (Å²) in [5, 5.41) is 3.83. The van der Waals surface area contributed by atoms with E-state index in [4.69, 9.17) is 4.74 Å². The molecule has 10 heteroatoms. The Kier molecular flexibility index (Phi) is 6.47. The van der Waals surface area contributed by atoms with Gasteiger partial charge >= 0.3 is 6.18 Å². The van der Waals surface area contributed by atoms with Gasteiger partial charge in [-0.25, -0.2) is 9.97 Å². The van der Waals surface area contributed by atoms with Gasteiger partial charge in [-0.1, -0.05) is 6.07 Å². The number of aryl methyl sites for hydroxylation is 3. The number of nitrogens with one attached hydrogen (secondary N) is 1. The number of fused-ring (bicyclic) bond motifs is 1. The van der Waals surface area contributed by atoms with Gasteiger partial charge in [-0.05, 0) is 56.9 Å². The average molecular weight is 479 g/mol. The van der Waals surface area contributed by atoms with Gasteiger partial charge < -0.3 is 15.0 Å². The molecule has 1 amide bonds. The Morgan fingerprint density at radius 3 is 2.64 bits per heavy atom. The molecule has 0 radical (unpaired) electrons. The van der Waals surface area contributed by atoms with Crippen molar-refractivity contribution < 1.29 is 22.7 Å². The normalized spacial score (nSPS) is 15.2. The molecule has 0 atom stereocenters. The van der Waals surface area contributed by atoms with Crippen molar-refractivity contribution in [3.05, 3.63) is 40.5 Å². The molecule has 1 aromatic carbocycles. The Balaban J connectivity index is 1.43. The molecule has 2 aromatic heterocycles. The van der Waals surface area contributed by atoms with E-state index in [1.807, 2.05) is 0 Å². The largest absolute Gasteiger partial charge is 0.482 e. The van der Waals surface area contributed by atoms with E-state index in [0.29, 0.717) is 25.9 Å². The lowest BCUT2D eigenvalue weighted by molar-refractivity contribution is -0.153. The summed E-state index contributed by atoms with van der Waals surface area (Å²) in [5.41, 5.74) is 2.17. The predicted molar refractivity (Wildman–Crippen MR) is 123 cm³/mol. The molecule has 4 rings (SSSR count). The fraction of sp³-hybridized carbons (Fsp3) is 0.435. The lowest BCUT2D eigenvalue weighted by atomic mass is 9.95. The molecule has 6 nitrogen and oxygen atoms in total. The third kappa shape index (κ3) is 5.21. The van der Waals surface area contributed by atoms with Gasteiger partial charge in [0.25, 0.3) is 0 Å². The molecule has 1 saturated heterocycles. The summed E-state index contributed by atoms with van der Waals surface area (Å²) in [6, 6.07) is 4.80. The summed E-state index contributed by atoms with van der Waals surface area (Å²) in [7, 11) is 0. The molecule has 33 heavy (non-hydrogen) atoms. The predicted octanol–water partition coefficient (Wildman–Crippen LogP) is 5.41. The quantitative estimate of drug-likeness (QED) is 0.531. The minimum Gasteiger partial charge on any atom is -0.482 e. The first-order valence-electron chi connectivity index (χ1n) is 10.7. The Morgan fingerprint density at radius 2 is 1.94 bits per heavy atom. The highest BCUT2D eigenvalue weighted by atomic mass is 32.1. The van der Waals surface area contributed by atoms with Gasteiger partial charge in [-0.3, -0.25) is 4.79 Å². The second kappa shape index (κ2) is 9.17. The SMILES string of the molecule is Cc1ccc(NC(=O)C2CCN(c3ncnc4sc(C)c(C)c34)CC2)c(OCC(F)(F)F)c1. The van der Waals surface area contributed by atoms with Crippen LogP contribution in [0.5, 0.6) is 5.75 Å². The summed E-state index contributed by atoms with van der Waals surface area (Å²) in [4.78, 5) is 26.1. The van der Waals surface area contributed by atoms with E-state index in [-0.39, 0.29) is 23.3 Å². The molecule has 1 aliphatic heterocycles. The number of aromatic nitrogens is 2. The summed E-state index contributed by atoms with van der Waals surface area (Å²) in [5.74, 6) is 0.443. The van der Waals surface area contributed by atoms with E-state index >= 15 is 0 Å².